The van der Waals surface area contributed by atoms with Crippen molar-refractivity contribution in [2.24, 2.45) is 17.8 Å². The van der Waals surface area contributed by atoms with Gasteiger partial charge in [-0.05, 0) is 32.1 Å². The van der Waals surface area contributed by atoms with Crippen molar-refractivity contribution in [3.05, 3.63) is 12.2 Å². The molecular weight excluding hydrogens is 398 g/mol. The van der Waals surface area contributed by atoms with Crippen molar-refractivity contribution in [1.29, 1.82) is 0 Å². The fourth-order valence-corrected chi connectivity index (χ4v) is 4.14. The van der Waals surface area contributed by atoms with Gasteiger partial charge in [-0.2, -0.15) is 0 Å². The first-order valence-corrected chi connectivity index (χ1v) is 11.8. The standard InChI is InChI=1S/C24H43NO6/c1-5-9-10-11-12-13-14-15-25(16-19(6-2)22(26)27,17-20(7-3)23(28)29)18-21(8-4)24(30)31/h12-13,19-21H,5-11,14-18H2,1-4H3,(H2-,26,27,28,29,30,31)/p+1/b13-12+. The highest BCUT2D eigenvalue weighted by atomic mass is 16.4. The van der Waals surface area contributed by atoms with E-state index in [1.165, 1.54) is 6.42 Å². The lowest BCUT2D eigenvalue weighted by Gasteiger charge is -2.43. The van der Waals surface area contributed by atoms with E-state index in [2.05, 4.69) is 19.1 Å². The van der Waals surface area contributed by atoms with E-state index < -0.39 is 35.7 Å². The predicted molar refractivity (Wildman–Crippen MR) is 122 cm³/mol. The molecule has 0 rings (SSSR count). The summed E-state index contributed by atoms with van der Waals surface area (Å²) in [6.07, 6.45) is 10.6. The summed E-state index contributed by atoms with van der Waals surface area (Å²) < 4.78 is 0.208. The van der Waals surface area contributed by atoms with Crippen LogP contribution in [0.25, 0.3) is 0 Å². The fourth-order valence-electron chi connectivity index (χ4n) is 4.14. The lowest BCUT2D eigenvalue weighted by molar-refractivity contribution is -0.934. The van der Waals surface area contributed by atoms with Crippen molar-refractivity contribution in [2.45, 2.75) is 79.1 Å². The molecule has 3 unspecified atom stereocenters. The largest absolute Gasteiger partial charge is 0.481 e. The summed E-state index contributed by atoms with van der Waals surface area (Å²) >= 11 is 0. The van der Waals surface area contributed by atoms with Gasteiger partial charge in [-0.3, -0.25) is 14.4 Å². The number of carboxylic acid groups (broad SMARTS) is 3. The lowest BCUT2D eigenvalue weighted by Crippen LogP contribution is -2.58. The van der Waals surface area contributed by atoms with Gasteiger partial charge in [-0.25, -0.2) is 0 Å². The Morgan fingerprint density at radius 3 is 1.39 bits per heavy atom. The minimum atomic E-state index is -0.910. The molecule has 0 fully saturated rings. The molecule has 0 bridgehead atoms. The molecule has 180 valence electrons. The second kappa shape index (κ2) is 15.8. The number of unbranched alkanes of at least 4 members (excludes halogenated alkanes) is 3. The van der Waals surface area contributed by atoms with Gasteiger partial charge in [0, 0.05) is 6.42 Å². The summed E-state index contributed by atoms with van der Waals surface area (Å²) in [5, 5.41) is 29.0. The summed E-state index contributed by atoms with van der Waals surface area (Å²) in [7, 11) is 0. The Balaban J connectivity index is 5.85. The molecule has 0 radical (unpaired) electrons. The molecule has 3 N–H and O–H groups in total. The number of quaternary nitrogens is 1. The van der Waals surface area contributed by atoms with Crippen molar-refractivity contribution < 1.29 is 34.2 Å². The van der Waals surface area contributed by atoms with E-state index in [0.717, 1.165) is 19.3 Å². The van der Waals surface area contributed by atoms with Gasteiger partial charge in [0.15, 0.2) is 0 Å². The fraction of sp³-hybridized carbons (Fsp3) is 0.792. The van der Waals surface area contributed by atoms with Crippen molar-refractivity contribution in [2.75, 3.05) is 26.2 Å². The summed E-state index contributed by atoms with van der Waals surface area (Å²) in [6, 6.07) is 0. The first-order valence-electron chi connectivity index (χ1n) is 11.8. The van der Waals surface area contributed by atoms with Crippen LogP contribution < -0.4 is 0 Å². The van der Waals surface area contributed by atoms with Gasteiger partial charge in [0.05, 0.1) is 26.2 Å². The smallest absolute Gasteiger partial charge is 0.312 e. The lowest BCUT2D eigenvalue weighted by atomic mass is 9.96. The van der Waals surface area contributed by atoms with Gasteiger partial charge in [0.25, 0.3) is 0 Å². The number of carbonyl (C=O) groups is 3. The maximum absolute atomic E-state index is 11.8. The molecule has 0 aliphatic carbocycles. The summed E-state index contributed by atoms with van der Waals surface area (Å²) in [4.78, 5) is 35.4. The molecule has 0 saturated carbocycles. The molecule has 0 spiro atoms. The summed E-state index contributed by atoms with van der Waals surface area (Å²) in [5.74, 6) is -4.63. The zero-order valence-corrected chi connectivity index (χ0v) is 19.9. The number of rotatable bonds is 19. The van der Waals surface area contributed by atoms with Crippen LogP contribution in [0.4, 0.5) is 0 Å². The zero-order valence-electron chi connectivity index (χ0n) is 19.9. The molecule has 0 amide bonds. The summed E-state index contributed by atoms with van der Waals surface area (Å²) in [6.45, 7) is 8.89. The molecule has 0 aromatic rings. The molecule has 0 aromatic heterocycles. The van der Waals surface area contributed by atoms with Gasteiger partial charge >= 0.3 is 17.9 Å². The number of hydrogen-bond donors (Lipinski definition) is 3. The van der Waals surface area contributed by atoms with Gasteiger partial charge in [0.1, 0.15) is 17.8 Å². The third-order valence-electron chi connectivity index (χ3n) is 6.26. The van der Waals surface area contributed by atoms with Crippen LogP contribution in [0.3, 0.4) is 0 Å². The monoisotopic (exact) mass is 442 g/mol. The van der Waals surface area contributed by atoms with Crippen molar-refractivity contribution >= 4 is 17.9 Å². The van der Waals surface area contributed by atoms with Crippen LogP contribution in [-0.2, 0) is 14.4 Å². The maximum atomic E-state index is 11.8. The average molecular weight is 443 g/mol. The normalized spacial score (nSPS) is 16.5. The van der Waals surface area contributed by atoms with E-state index in [1.54, 1.807) is 0 Å². The van der Waals surface area contributed by atoms with E-state index in [1.807, 2.05) is 20.8 Å². The first kappa shape index (κ1) is 29.1. The van der Waals surface area contributed by atoms with E-state index in [0.29, 0.717) is 32.2 Å². The molecule has 7 heteroatoms. The molecule has 0 aliphatic rings. The van der Waals surface area contributed by atoms with Crippen LogP contribution in [0.1, 0.15) is 79.1 Å². The quantitative estimate of drug-likeness (QED) is 0.152. The van der Waals surface area contributed by atoms with Gasteiger partial charge < -0.3 is 19.8 Å². The Morgan fingerprint density at radius 1 is 0.677 bits per heavy atom. The van der Waals surface area contributed by atoms with Gasteiger partial charge in [0.2, 0.25) is 0 Å². The van der Waals surface area contributed by atoms with E-state index >= 15 is 0 Å². The van der Waals surface area contributed by atoms with Crippen LogP contribution in [0, 0.1) is 17.8 Å². The average Bonchev–Trinajstić information content (AvgIpc) is 2.72. The predicted octanol–water partition coefficient (Wildman–Crippen LogP) is 4.66. The number of aliphatic carboxylic acids is 3. The van der Waals surface area contributed by atoms with Gasteiger partial charge in [-0.15, -0.1) is 0 Å². The topological polar surface area (TPSA) is 112 Å². The molecule has 3 atom stereocenters. The second-order valence-corrected chi connectivity index (χ2v) is 8.70. The van der Waals surface area contributed by atoms with Crippen LogP contribution in [0.15, 0.2) is 12.2 Å². The summed E-state index contributed by atoms with van der Waals surface area (Å²) in [5.41, 5.74) is 0. The van der Waals surface area contributed by atoms with Crippen LogP contribution in [-0.4, -0.2) is 63.9 Å². The highest BCUT2D eigenvalue weighted by Gasteiger charge is 2.40. The van der Waals surface area contributed by atoms with Crippen molar-refractivity contribution in [1.82, 2.24) is 0 Å². The Morgan fingerprint density at radius 2 is 1.06 bits per heavy atom. The van der Waals surface area contributed by atoms with E-state index in [4.69, 9.17) is 0 Å². The number of allylic oxidation sites excluding steroid dienone is 1. The Kier molecular flexibility index (Phi) is 14.9. The van der Waals surface area contributed by atoms with Crippen molar-refractivity contribution in [3.8, 4) is 0 Å². The number of nitrogens with zero attached hydrogens (tertiary/aromatic N) is 1. The van der Waals surface area contributed by atoms with Gasteiger partial charge in [-0.1, -0.05) is 52.7 Å². The minimum Gasteiger partial charge on any atom is -0.481 e. The SMILES string of the molecule is CCCCC/C=C/CC[N+](CC(CC)C(=O)O)(CC(CC)C(=O)O)CC(CC)C(=O)O. The highest BCUT2D eigenvalue weighted by Crippen LogP contribution is 2.24. The third kappa shape index (κ3) is 11.3. The van der Waals surface area contributed by atoms with Crippen LogP contribution in [0.2, 0.25) is 0 Å². The number of carboxylic acids is 3. The minimum absolute atomic E-state index is 0.208. The molecule has 7 nitrogen and oxygen atoms in total. The Hall–Kier alpha value is -1.89. The third-order valence-corrected chi connectivity index (χ3v) is 6.26. The van der Waals surface area contributed by atoms with E-state index in [-0.39, 0.29) is 24.1 Å². The molecular formula is C24H44NO6+. The molecule has 0 aromatic carbocycles. The molecule has 0 saturated heterocycles. The van der Waals surface area contributed by atoms with Crippen LogP contribution >= 0.6 is 0 Å². The molecule has 0 aliphatic heterocycles. The first-order chi connectivity index (χ1) is 14.7. The van der Waals surface area contributed by atoms with Crippen molar-refractivity contribution in [3.63, 3.8) is 0 Å². The van der Waals surface area contributed by atoms with E-state index in [9.17, 15) is 29.7 Å². The Bertz CT molecular complexity index is 515. The molecule has 31 heavy (non-hydrogen) atoms. The highest BCUT2D eigenvalue weighted by molar-refractivity contribution is 5.71. The molecule has 0 heterocycles. The zero-order chi connectivity index (χ0) is 23.9. The maximum Gasteiger partial charge on any atom is 0.312 e. The number of hydrogen-bond acceptors (Lipinski definition) is 3. The second-order valence-electron chi connectivity index (χ2n) is 8.70. The van der Waals surface area contributed by atoms with Crippen LogP contribution in [0.5, 0.6) is 0 Å². The Labute approximate surface area is 187 Å².